The molecular formula is C15H16FN3O. The fourth-order valence-electron chi connectivity index (χ4n) is 2.35. The minimum atomic E-state index is -0.214. The monoisotopic (exact) mass is 273 g/mol. The summed E-state index contributed by atoms with van der Waals surface area (Å²) in [4.78, 5) is 9.13. The van der Waals surface area contributed by atoms with Gasteiger partial charge in [-0.15, -0.1) is 0 Å². The number of fused-ring (bicyclic) bond motifs is 1. The normalized spacial score (nSPS) is 13.9. The second-order valence-electron chi connectivity index (χ2n) is 4.84. The Bertz CT molecular complexity index is 641. The highest BCUT2D eigenvalue weighted by Crippen LogP contribution is 2.26. The highest BCUT2D eigenvalue weighted by atomic mass is 19.1. The van der Waals surface area contributed by atoms with Crippen LogP contribution >= 0.6 is 0 Å². The van der Waals surface area contributed by atoms with Gasteiger partial charge in [-0.1, -0.05) is 0 Å². The summed E-state index contributed by atoms with van der Waals surface area (Å²) in [6.07, 6.45) is 0.777. The maximum absolute atomic E-state index is 13.4. The van der Waals surface area contributed by atoms with Crippen LogP contribution in [0.1, 0.15) is 16.8 Å². The Morgan fingerprint density at radius 2 is 2.15 bits per heavy atom. The third kappa shape index (κ3) is 2.25. The average Bonchev–Trinajstić information content (AvgIpc) is 2.49. The van der Waals surface area contributed by atoms with E-state index in [1.807, 2.05) is 7.05 Å². The quantitative estimate of drug-likeness (QED) is 0.914. The number of hydrogen-bond donors (Lipinski definition) is 1. The molecule has 1 aliphatic rings. The van der Waals surface area contributed by atoms with E-state index >= 15 is 0 Å². The van der Waals surface area contributed by atoms with Gasteiger partial charge in [0.1, 0.15) is 11.6 Å². The molecule has 0 bridgehead atoms. The van der Waals surface area contributed by atoms with Gasteiger partial charge >= 0.3 is 0 Å². The molecule has 0 amide bonds. The van der Waals surface area contributed by atoms with Gasteiger partial charge in [0, 0.05) is 24.6 Å². The number of rotatable bonds is 2. The zero-order valence-electron chi connectivity index (χ0n) is 11.5. The Morgan fingerprint density at radius 3 is 2.90 bits per heavy atom. The highest BCUT2D eigenvalue weighted by molar-refractivity contribution is 5.61. The molecule has 0 saturated carbocycles. The van der Waals surface area contributed by atoms with E-state index in [0.29, 0.717) is 24.6 Å². The molecule has 0 saturated heterocycles. The second-order valence-corrected chi connectivity index (χ2v) is 4.84. The number of aromatic nitrogens is 2. The van der Waals surface area contributed by atoms with Gasteiger partial charge in [-0.2, -0.15) is 0 Å². The Balaban J connectivity index is 2.11. The van der Waals surface area contributed by atoms with Crippen molar-refractivity contribution in [1.29, 1.82) is 0 Å². The summed E-state index contributed by atoms with van der Waals surface area (Å²) in [6, 6.07) is 4.94. The number of halogens is 1. The van der Waals surface area contributed by atoms with Gasteiger partial charge in [0.15, 0.2) is 5.82 Å². The predicted molar refractivity (Wildman–Crippen MR) is 75.1 cm³/mol. The first-order valence-electron chi connectivity index (χ1n) is 6.61. The van der Waals surface area contributed by atoms with E-state index in [1.54, 1.807) is 19.1 Å². The first-order chi connectivity index (χ1) is 9.69. The smallest absolute Gasteiger partial charge is 0.161 e. The average molecular weight is 273 g/mol. The van der Waals surface area contributed by atoms with Crippen LogP contribution < -0.4 is 5.32 Å². The Hall–Kier alpha value is -2.01. The molecule has 0 unspecified atom stereocenters. The molecular weight excluding hydrogens is 257 g/mol. The van der Waals surface area contributed by atoms with E-state index in [0.717, 1.165) is 29.1 Å². The van der Waals surface area contributed by atoms with Crippen LogP contribution in [0.25, 0.3) is 11.4 Å². The summed E-state index contributed by atoms with van der Waals surface area (Å²) in [6.45, 7) is 2.95. The lowest BCUT2D eigenvalue weighted by atomic mass is 10.1. The molecule has 2 heterocycles. The van der Waals surface area contributed by atoms with Crippen molar-refractivity contribution in [3.8, 4) is 11.4 Å². The number of benzene rings is 1. The number of nitrogens with zero attached hydrogens (tertiary/aromatic N) is 2. The lowest BCUT2D eigenvalue weighted by Crippen LogP contribution is -2.16. The van der Waals surface area contributed by atoms with Crippen molar-refractivity contribution in [2.24, 2.45) is 0 Å². The molecule has 1 N–H and O–H groups in total. The third-order valence-electron chi connectivity index (χ3n) is 3.48. The highest BCUT2D eigenvalue weighted by Gasteiger charge is 2.18. The van der Waals surface area contributed by atoms with Crippen LogP contribution in [0.2, 0.25) is 0 Å². The zero-order chi connectivity index (χ0) is 14.1. The number of hydrogen-bond acceptors (Lipinski definition) is 4. The fraction of sp³-hybridized carbons (Fsp3) is 0.333. The van der Waals surface area contributed by atoms with Crippen LogP contribution in [-0.2, 0) is 17.8 Å². The van der Waals surface area contributed by atoms with Gasteiger partial charge in [0.2, 0.25) is 0 Å². The van der Waals surface area contributed by atoms with Gasteiger partial charge in [-0.3, -0.25) is 0 Å². The summed E-state index contributed by atoms with van der Waals surface area (Å²) in [5.74, 6) is 1.19. The molecule has 0 atom stereocenters. The molecule has 0 radical (unpaired) electrons. The Morgan fingerprint density at radius 1 is 1.30 bits per heavy atom. The van der Waals surface area contributed by atoms with Gasteiger partial charge in [-0.05, 0) is 30.7 Å². The lowest BCUT2D eigenvalue weighted by Gasteiger charge is -2.19. The summed E-state index contributed by atoms with van der Waals surface area (Å²) >= 11 is 0. The van der Waals surface area contributed by atoms with E-state index in [-0.39, 0.29) is 5.82 Å². The molecule has 4 nitrogen and oxygen atoms in total. The van der Waals surface area contributed by atoms with E-state index < -0.39 is 0 Å². The fourth-order valence-corrected chi connectivity index (χ4v) is 2.35. The van der Waals surface area contributed by atoms with Crippen molar-refractivity contribution in [3.63, 3.8) is 0 Å². The van der Waals surface area contributed by atoms with E-state index in [2.05, 4.69) is 15.3 Å². The van der Waals surface area contributed by atoms with Crippen molar-refractivity contribution in [1.82, 2.24) is 9.97 Å². The van der Waals surface area contributed by atoms with Gasteiger partial charge in [0.05, 0.1) is 18.9 Å². The number of ether oxygens (including phenoxy) is 1. The van der Waals surface area contributed by atoms with Crippen LogP contribution in [0.15, 0.2) is 18.2 Å². The standard InChI is InChI=1S/C15H16FN3O/c1-9-7-10(3-4-12(9)16)14-18-13-5-6-20-8-11(13)15(17-2)19-14/h3-4,7H,5-6,8H2,1-2H3,(H,17,18,19). The maximum Gasteiger partial charge on any atom is 0.161 e. The van der Waals surface area contributed by atoms with Crippen LogP contribution in [0, 0.1) is 12.7 Å². The predicted octanol–water partition coefficient (Wildman–Crippen LogP) is 2.71. The van der Waals surface area contributed by atoms with Crippen LogP contribution in [0.3, 0.4) is 0 Å². The lowest BCUT2D eigenvalue weighted by molar-refractivity contribution is 0.109. The van der Waals surface area contributed by atoms with Crippen molar-refractivity contribution >= 4 is 5.82 Å². The first kappa shape index (κ1) is 13.0. The van der Waals surface area contributed by atoms with Crippen molar-refractivity contribution in [2.45, 2.75) is 20.0 Å². The first-order valence-corrected chi connectivity index (χ1v) is 6.61. The van der Waals surface area contributed by atoms with Crippen LogP contribution in [-0.4, -0.2) is 23.6 Å². The molecule has 1 aromatic carbocycles. The molecule has 0 aliphatic carbocycles. The summed E-state index contributed by atoms with van der Waals surface area (Å²) in [5, 5.41) is 3.09. The maximum atomic E-state index is 13.4. The topological polar surface area (TPSA) is 47.0 Å². The second kappa shape index (κ2) is 5.17. The van der Waals surface area contributed by atoms with E-state index in [1.165, 1.54) is 6.07 Å². The van der Waals surface area contributed by atoms with Crippen molar-refractivity contribution < 1.29 is 9.13 Å². The molecule has 1 aromatic heterocycles. The van der Waals surface area contributed by atoms with Gasteiger partial charge in [-0.25, -0.2) is 14.4 Å². The number of aryl methyl sites for hydroxylation is 1. The summed E-state index contributed by atoms with van der Waals surface area (Å²) < 4.78 is 18.8. The minimum absolute atomic E-state index is 0.214. The van der Waals surface area contributed by atoms with Gasteiger partial charge < -0.3 is 10.1 Å². The number of anilines is 1. The number of nitrogens with one attached hydrogen (secondary N) is 1. The third-order valence-corrected chi connectivity index (χ3v) is 3.48. The molecule has 20 heavy (non-hydrogen) atoms. The molecule has 3 rings (SSSR count). The minimum Gasteiger partial charge on any atom is -0.376 e. The molecule has 5 heteroatoms. The molecule has 104 valence electrons. The molecule has 0 spiro atoms. The molecule has 0 fully saturated rings. The van der Waals surface area contributed by atoms with Gasteiger partial charge in [0.25, 0.3) is 0 Å². The Kier molecular flexibility index (Phi) is 3.36. The zero-order valence-corrected chi connectivity index (χ0v) is 11.5. The van der Waals surface area contributed by atoms with Crippen LogP contribution in [0.5, 0.6) is 0 Å². The molecule has 2 aromatic rings. The Labute approximate surface area is 117 Å². The van der Waals surface area contributed by atoms with E-state index in [9.17, 15) is 4.39 Å². The van der Waals surface area contributed by atoms with Crippen molar-refractivity contribution in [2.75, 3.05) is 19.0 Å². The summed E-state index contributed by atoms with van der Waals surface area (Å²) in [5.41, 5.74) is 3.45. The van der Waals surface area contributed by atoms with Crippen molar-refractivity contribution in [3.05, 3.63) is 40.8 Å². The van der Waals surface area contributed by atoms with E-state index in [4.69, 9.17) is 4.74 Å². The largest absolute Gasteiger partial charge is 0.376 e. The summed E-state index contributed by atoms with van der Waals surface area (Å²) in [7, 11) is 1.83. The molecule has 1 aliphatic heterocycles. The SMILES string of the molecule is CNc1nc(-c2ccc(F)c(C)c2)nc2c1COCC2. The van der Waals surface area contributed by atoms with Crippen LogP contribution in [0.4, 0.5) is 10.2 Å².